The van der Waals surface area contributed by atoms with Crippen molar-refractivity contribution in [1.82, 2.24) is 24.4 Å². The van der Waals surface area contributed by atoms with Crippen molar-refractivity contribution in [3.8, 4) is 0 Å². The van der Waals surface area contributed by atoms with Gasteiger partial charge >= 0.3 is 6.18 Å². The fourth-order valence-corrected chi connectivity index (χ4v) is 7.02. The van der Waals surface area contributed by atoms with Gasteiger partial charge in [0.1, 0.15) is 30.2 Å². The first kappa shape index (κ1) is 32.7. The van der Waals surface area contributed by atoms with Crippen LogP contribution < -0.4 is 16.8 Å². The Labute approximate surface area is 268 Å². The summed E-state index contributed by atoms with van der Waals surface area (Å²) in [6.07, 6.45) is -0.661. The number of imidazole rings is 1. The number of nitrogens with two attached hydrogens (primary N) is 2. The van der Waals surface area contributed by atoms with Crippen LogP contribution in [0, 0.1) is 5.92 Å². The molecule has 46 heavy (non-hydrogen) atoms. The van der Waals surface area contributed by atoms with Crippen molar-refractivity contribution >= 4 is 45.9 Å². The molecule has 2 aliphatic heterocycles. The fourth-order valence-electron chi connectivity index (χ4n) is 6.74. The summed E-state index contributed by atoms with van der Waals surface area (Å²) in [7, 11) is 0. The molecule has 0 spiro atoms. The molecule has 16 heteroatoms. The summed E-state index contributed by atoms with van der Waals surface area (Å²) in [6, 6.07) is 2.26. The van der Waals surface area contributed by atoms with Crippen LogP contribution in [0.3, 0.4) is 0 Å². The summed E-state index contributed by atoms with van der Waals surface area (Å²) in [5, 5.41) is 2.00. The molecule has 12 nitrogen and oxygen atoms in total. The summed E-state index contributed by atoms with van der Waals surface area (Å²) in [5.41, 5.74) is 11.7. The van der Waals surface area contributed by atoms with Crippen molar-refractivity contribution in [2.24, 2.45) is 5.92 Å². The van der Waals surface area contributed by atoms with Gasteiger partial charge in [-0.2, -0.15) is 13.2 Å². The minimum Gasteiger partial charge on any atom is -0.397 e. The SMILES string of the molecule is CC(C)N(C[C@H]1OC(n2cnc3c(N)ncnc32)[C@@H]2OC(C)(C)O[C@H]12)[C@H]1C[C@@H](CCC(=O)Nc2cc(C(F)(F)F)c(Cl)cc2N)C1. The molecule has 1 saturated carbocycles. The van der Waals surface area contributed by atoms with Crippen LogP contribution >= 0.6 is 11.6 Å². The van der Waals surface area contributed by atoms with Gasteiger partial charge < -0.3 is 31.0 Å². The van der Waals surface area contributed by atoms with Crippen LogP contribution in [0.1, 0.15) is 65.2 Å². The van der Waals surface area contributed by atoms with Gasteiger partial charge in [0.25, 0.3) is 0 Å². The molecule has 250 valence electrons. The van der Waals surface area contributed by atoms with Gasteiger partial charge in [-0.25, -0.2) is 15.0 Å². The number of ether oxygens (including phenoxy) is 3. The number of anilines is 3. The minimum atomic E-state index is -4.66. The lowest BCUT2D eigenvalue weighted by Crippen LogP contribution is -2.52. The monoisotopic (exact) mass is 666 g/mol. The van der Waals surface area contributed by atoms with E-state index in [2.05, 4.69) is 39.0 Å². The number of carbonyl (C=O) groups is 1. The number of amides is 1. The maximum atomic E-state index is 13.3. The molecule has 3 aliphatic rings. The normalized spacial score (nSPS) is 27.3. The van der Waals surface area contributed by atoms with Crippen molar-refractivity contribution < 1.29 is 32.2 Å². The Bertz CT molecular complexity index is 1610. The van der Waals surface area contributed by atoms with Gasteiger partial charge in [0.2, 0.25) is 5.91 Å². The van der Waals surface area contributed by atoms with Crippen molar-refractivity contribution in [1.29, 1.82) is 0 Å². The van der Waals surface area contributed by atoms with Crippen molar-refractivity contribution in [3.63, 3.8) is 0 Å². The number of benzene rings is 1. The summed E-state index contributed by atoms with van der Waals surface area (Å²) in [5.74, 6) is -0.618. The smallest absolute Gasteiger partial charge is 0.397 e. The van der Waals surface area contributed by atoms with Crippen LogP contribution in [-0.2, 0) is 25.2 Å². The van der Waals surface area contributed by atoms with Crippen molar-refractivity contribution in [3.05, 3.63) is 35.4 Å². The number of halogens is 4. The van der Waals surface area contributed by atoms with E-state index in [0.717, 1.165) is 25.0 Å². The van der Waals surface area contributed by atoms with Gasteiger partial charge in [0, 0.05) is 25.0 Å². The van der Waals surface area contributed by atoms with Gasteiger partial charge in [0.05, 0.1) is 28.3 Å². The molecule has 0 bridgehead atoms. The van der Waals surface area contributed by atoms with E-state index in [1.165, 1.54) is 6.33 Å². The first-order valence-electron chi connectivity index (χ1n) is 15.3. The maximum absolute atomic E-state index is 13.3. The van der Waals surface area contributed by atoms with Crippen LogP contribution in [0.2, 0.25) is 5.02 Å². The highest BCUT2D eigenvalue weighted by Crippen LogP contribution is 2.45. The second-order valence-corrected chi connectivity index (χ2v) is 13.4. The molecular weight excluding hydrogens is 629 g/mol. The van der Waals surface area contributed by atoms with Gasteiger partial charge in [-0.1, -0.05) is 11.6 Å². The molecule has 0 radical (unpaired) electrons. The Morgan fingerprint density at radius 2 is 1.89 bits per heavy atom. The topological polar surface area (TPSA) is 156 Å². The second-order valence-electron chi connectivity index (χ2n) is 13.0. The molecular formula is C30H38ClF3N8O4. The third-order valence-electron chi connectivity index (χ3n) is 9.02. The third-order valence-corrected chi connectivity index (χ3v) is 9.33. The number of hydrogen-bond acceptors (Lipinski definition) is 10. The van der Waals surface area contributed by atoms with Gasteiger partial charge in [-0.15, -0.1) is 0 Å². The highest BCUT2D eigenvalue weighted by atomic mass is 35.5. The standard InChI is InChI=1S/C30H38ClF3N8O4/c1-14(2)41(16-7-15(8-16)5-6-22(43)40-20-9-17(30(32,33)34)18(31)10-19(20)35)11-21-24-25(46-29(3,4)45-24)28(44-21)42-13-39-23-26(36)37-12-38-27(23)42/h9-10,12-16,21,24-25,28H,5-8,11,35H2,1-4H3,(H,40,43)(H2,36,37,38)/t15-,16+,21-,24-,25-,28?/m1/s1. The van der Waals surface area contributed by atoms with E-state index in [1.54, 1.807) is 6.33 Å². The van der Waals surface area contributed by atoms with Crippen LogP contribution in [0.15, 0.2) is 24.8 Å². The molecule has 6 rings (SSSR count). The van der Waals surface area contributed by atoms with Crippen LogP contribution in [0.25, 0.3) is 11.2 Å². The van der Waals surface area contributed by atoms with Crippen molar-refractivity contribution in [2.45, 2.75) is 102 Å². The summed E-state index contributed by atoms with van der Waals surface area (Å²) in [6.45, 7) is 8.64. The van der Waals surface area contributed by atoms with Crippen LogP contribution in [0.4, 0.5) is 30.4 Å². The predicted octanol–water partition coefficient (Wildman–Crippen LogP) is 4.99. The Kier molecular flexibility index (Phi) is 8.59. The van der Waals surface area contributed by atoms with Crippen LogP contribution in [-0.4, -0.2) is 73.1 Å². The Morgan fingerprint density at radius 3 is 2.59 bits per heavy atom. The zero-order valence-electron chi connectivity index (χ0n) is 25.9. The lowest BCUT2D eigenvalue weighted by atomic mass is 9.76. The maximum Gasteiger partial charge on any atom is 0.417 e. The van der Waals surface area contributed by atoms with E-state index < -0.39 is 40.8 Å². The van der Waals surface area contributed by atoms with Gasteiger partial charge in [-0.05, 0) is 65.0 Å². The number of carbonyl (C=O) groups excluding carboxylic acids is 1. The zero-order valence-corrected chi connectivity index (χ0v) is 26.7. The van der Waals surface area contributed by atoms with Gasteiger partial charge in [0.15, 0.2) is 23.5 Å². The fraction of sp³-hybridized carbons (Fsp3) is 0.600. The number of nitrogen functional groups attached to an aromatic ring is 2. The molecule has 1 unspecified atom stereocenters. The predicted molar refractivity (Wildman–Crippen MR) is 165 cm³/mol. The summed E-state index contributed by atoms with van der Waals surface area (Å²) >= 11 is 5.71. The molecule has 1 amide bonds. The molecule has 3 fully saturated rings. The highest BCUT2D eigenvalue weighted by Gasteiger charge is 2.57. The number of nitrogens with zero attached hydrogens (tertiary/aromatic N) is 5. The van der Waals surface area contributed by atoms with E-state index in [1.807, 2.05) is 18.4 Å². The third kappa shape index (κ3) is 6.35. The average molecular weight is 667 g/mol. The molecule has 2 aromatic heterocycles. The molecule has 1 aromatic carbocycles. The largest absolute Gasteiger partial charge is 0.417 e. The Balaban J connectivity index is 1.07. The minimum absolute atomic E-state index is 0.0279. The van der Waals surface area contributed by atoms with E-state index in [9.17, 15) is 18.0 Å². The van der Waals surface area contributed by atoms with Crippen LogP contribution in [0.5, 0.6) is 0 Å². The molecule has 3 aromatic rings. The van der Waals surface area contributed by atoms with Crippen molar-refractivity contribution in [2.75, 3.05) is 23.3 Å². The lowest BCUT2D eigenvalue weighted by Gasteiger charge is -2.46. The Hall–Kier alpha value is -3.24. The van der Waals surface area contributed by atoms with Gasteiger partial charge in [-0.3, -0.25) is 14.3 Å². The van der Waals surface area contributed by atoms with E-state index in [0.29, 0.717) is 30.0 Å². The lowest BCUT2D eigenvalue weighted by molar-refractivity contribution is -0.199. The highest BCUT2D eigenvalue weighted by molar-refractivity contribution is 6.32. The van der Waals surface area contributed by atoms with E-state index in [-0.39, 0.29) is 47.9 Å². The number of rotatable bonds is 9. The Morgan fingerprint density at radius 1 is 1.17 bits per heavy atom. The summed E-state index contributed by atoms with van der Waals surface area (Å²) < 4.78 is 60.9. The van der Waals surface area contributed by atoms with E-state index in [4.69, 9.17) is 37.3 Å². The zero-order chi connectivity index (χ0) is 33.1. The average Bonchev–Trinajstić information content (AvgIpc) is 3.59. The molecule has 5 N–H and O–H groups in total. The number of hydrogen-bond donors (Lipinski definition) is 3. The molecule has 4 heterocycles. The molecule has 2 saturated heterocycles. The first-order chi connectivity index (χ1) is 21.6. The quantitative estimate of drug-likeness (QED) is 0.266. The first-order valence-corrected chi connectivity index (χ1v) is 15.6. The number of fused-ring (bicyclic) bond motifs is 2. The summed E-state index contributed by atoms with van der Waals surface area (Å²) in [4.78, 5) is 27.9. The number of alkyl halides is 3. The molecule has 1 aliphatic carbocycles. The number of nitrogens with one attached hydrogen (secondary N) is 1. The molecule has 4 atom stereocenters. The van der Waals surface area contributed by atoms with E-state index >= 15 is 0 Å². The number of aromatic nitrogens is 4. The second kappa shape index (κ2) is 12.1.